The third-order valence-electron chi connectivity index (χ3n) is 4.34. The fraction of sp³-hybridized carbons (Fsp3) is 0.316. The minimum absolute atomic E-state index is 0.0391. The summed E-state index contributed by atoms with van der Waals surface area (Å²) in [6.07, 6.45) is 4.37. The van der Waals surface area contributed by atoms with Gasteiger partial charge in [0.1, 0.15) is 0 Å². The molecule has 1 aromatic carbocycles. The van der Waals surface area contributed by atoms with Crippen LogP contribution in [0.2, 0.25) is 0 Å². The van der Waals surface area contributed by atoms with Gasteiger partial charge in [-0.15, -0.1) is 0 Å². The molecule has 1 saturated carbocycles. The number of nitrogens with zero attached hydrogens (tertiary/aromatic N) is 2. The Balaban J connectivity index is 1.66. The number of benzene rings is 1. The fourth-order valence-corrected chi connectivity index (χ4v) is 2.71. The van der Waals surface area contributed by atoms with Crippen LogP contribution in [0.1, 0.15) is 29.3 Å². The molecular formula is C19H21N3O2. The van der Waals surface area contributed by atoms with E-state index in [9.17, 15) is 9.59 Å². The summed E-state index contributed by atoms with van der Waals surface area (Å²) < 4.78 is 0. The second-order valence-electron chi connectivity index (χ2n) is 6.41. The van der Waals surface area contributed by atoms with E-state index in [4.69, 9.17) is 0 Å². The highest BCUT2D eigenvalue weighted by Gasteiger charge is 2.39. The van der Waals surface area contributed by atoms with Crippen LogP contribution in [0, 0.1) is 11.8 Å². The lowest BCUT2D eigenvalue weighted by atomic mass is 10.1. The molecule has 2 atom stereocenters. The van der Waals surface area contributed by atoms with Crippen molar-refractivity contribution in [3.63, 3.8) is 0 Å². The zero-order valence-electron chi connectivity index (χ0n) is 13.9. The first kappa shape index (κ1) is 16.2. The Morgan fingerprint density at radius 1 is 1.25 bits per heavy atom. The standard InChI is InChI=1S/C19H21N3O2/c1-13-10-17(13)18(23)21-16-5-3-4-15(11-16)19(24)22(2)12-14-6-8-20-9-7-14/h3-9,11,13,17H,10,12H2,1-2H3,(H,21,23)/t13-,17-/m0/s1. The van der Waals surface area contributed by atoms with E-state index >= 15 is 0 Å². The van der Waals surface area contributed by atoms with Crippen molar-refractivity contribution in [3.8, 4) is 0 Å². The Kier molecular flexibility index (Phi) is 4.60. The zero-order chi connectivity index (χ0) is 17.1. The molecule has 0 spiro atoms. The molecular weight excluding hydrogens is 302 g/mol. The number of anilines is 1. The Bertz CT molecular complexity index is 745. The third-order valence-corrected chi connectivity index (χ3v) is 4.34. The molecule has 5 nitrogen and oxygen atoms in total. The molecule has 2 aromatic rings. The molecule has 1 aliphatic carbocycles. The molecule has 0 saturated heterocycles. The predicted octanol–water partition coefficient (Wildman–Crippen LogP) is 2.95. The summed E-state index contributed by atoms with van der Waals surface area (Å²) in [6, 6.07) is 10.9. The maximum absolute atomic E-state index is 12.6. The summed E-state index contributed by atoms with van der Waals surface area (Å²) in [6.45, 7) is 2.58. The summed E-state index contributed by atoms with van der Waals surface area (Å²) in [5.74, 6) is 0.528. The number of carbonyl (C=O) groups is 2. The van der Waals surface area contributed by atoms with Crippen LogP contribution >= 0.6 is 0 Å². The first-order chi connectivity index (χ1) is 11.5. The molecule has 1 aromatic heterocycles. The van der Waals surface area contributed by atoms with Crippen molar-refractivity contribution in [2.24, 2.45) is 11.8 Å². The topological polar surface area (TPSA) is 62.3 Å². The quantitative estimate of drug-likeness (QED) is 0.920. The molecule has 0 radical (unpaired) electrons. The van der Waals surface area contributed by atoms with Crippen molar-refractivity contribution >= 4 is 17.5 Å². The third kappa shape index (κ3) is 3.79. The molecule has 1 fully saturated rings. The molecule has 2 amide bonds. The predicted molar refractivity (Wildman–Crippen MR) is 92.4 cm³/mol. The van der Waals surface area contributed by atoms with Gasteiger partial charge in [0.2, 0.25) is 5.91 Å². The molecule has 1 heterocycles. The normalized spacial score (nSPS) is 18.8. The second kappa shape index (κ2) is 6.83. The van der Waals surface area contributed by atoms with Gasteiger partial charge in [-0.1, -0.05) is 13.0 Å². The van der Waals surface area contributed by atoms with Crippen molar-refractivity contribution in [3.05, 3.63) is 59.9 Å². The lowest BCUT2D eigenvalue weighted by molar-refractivity contribution is -0.117. The number of hydrogen-bond donors (Lipinski definition) is 1. The van der Waals surface area contributed by atoms with Gasteiger partial charge in [-0.25, -0.2) is 0 Å². The number of rotatable bonds is 5. The smallest absolute Gasteiger partial charge is 0.253 e. The number of carbonyl (C=O) groups excluding carboxylic acids is 2. The van der Waals surface area contributed by atoms with Crippen LogP contribution in [0.25, 0.3) is 0 Å². The Morgan fingerprint density at radius 2 is 1.96 bits per heavy atom. The maximum atomic E-state index is 12.6. The molecule has 1 aliphatic rings. The minimum atomic E-state index is -0.0808. The van der Waals surface area contributed by atoms with Crippen LogP contribution in [0.5, 0.6) is 0 Å². The number of pyridine rings is 1. The van der Waals surface area contributed by atoms with E-state index in [0.29, 0.717) is 23.7 Å². The van der Waals surface area contributed by atoms with E-state index in [-0.39, 0.29) is 17.7 Å². The molecule has 3 rings (SSSR count). The summed E-state index contributed by atoms with van der Waals surface area (Å²) in [5, 5.41) is 2.90. The van der Waals surface area contributed by atoms with Gasteiger partial charge in [0.25, 0.3) is 5.91 Å². The first-order valence-electron chi connectivity index (χ1n) is 8.10. The molecule has 1 N–H and O–H groups in total. The highest BCUT2D eigenvalue weighted by atomic mass is 16.2. The number of nitrogens with one attached hydrogen (secondary N) is 1. The molecule has 0 bridgehead atoms. The minimum Gasteiger partial charge on any atom is -0.337 e. The van der Waals surface area contributed by atoms with Gasteiger partial charge < -0.3 is 10.2 Å². The lowest BCUT2D eigenvalue weighted by Gasteiger charge is -2.17. The molecule has 24 heavy (non-hydrogen) atoms. The fourth-order valence-electron chi connectivity index (χ4n) is 2.71. The van der Waals surface area contributed by atoms with Crippen LogP contribution < -0.4 is 5.32 Å². The molecule has 5 heteroatoms. The highest BCUT2D eigenvalue weighted by Crippen LogP contribution is 2.38. The largest absolute Gasteiger partial charge is 0.337 e. The van der Waals surface area contributed by atoms with E-state index in [0.717, 1.165) is 12.0 Å². The van der Waals surface area contributed by atoms with Gasteiger partial charge in [0.05, 0.1) is 0 Å². The molecule has 124 valence electrons. The van der Waals surface area contributed by atoms with Gasteiger partial charge >= 0.3 is 0 Å². The van der Waals surface area contributed by atoms with Gasteiger partial charge in [0, 0.05) is 43.2 Å². The highest BCUT2D eigenvalue weighted by molar-refractivity contribution is 5.98. The number of aromatic nitrogens is 1. The van der Waals surface area contributed by atoms with Crippen molar-refractivity contribution in [2.45, 2.75) is 19.9 Å². The van der Waals surface area contributed by atoms with Crippen LogP contribution in [-0.4, -0.2) is 28.7 Å². The summed E-state index contributed by atoms with van der Waals surface area (Å²) in [4.78, 5) is 30.2. The van der Waals surface area contributed by atoms with Gasteiger partial charge in [-0.3, -0.25) is 14.6 Å². The van der Waals surface area contributed by atoms with E-state index in [1.54, 1.807) is 42.5 Å². The van der Waals surface area contributed by atoms with Crippen LogP contribution in [0.15, 0.2) is 48.8 Å². The van der Waals surface area contributed by atoms with Crippen molar-refractivity contribution in [1.82, 2.24) is 9.88 Å². The number of hydrogen-bond acceptors (Lipinski definition) is 3. The zero-order valence-corrected chi connectivity index (χ0v) is 13.9. The first-order valence-corrected chi connectivity index (χ1v) is 8.10. The van der Waals surface area contributed by atoms with E-state index in [1.807, 2.05) is 18.2 Å². The van der Waals surface area contributed by atoms with E-state index < -0.39 is 0 Å². The Hall–Kier alpha value is -2.69. The average molecular weight is 323 g/mol. The van der Waals surface area contributed by atoms with E-state index in [1.165, 1.54) is 0 Å². The summed E-state index contributed by atoms with van der Waals surface area (Å²) >= 11 is 0. The van der Waals surface area contributed by atoms with Crippen molar-refractivity contribution < 1.29 is 9.59 Å². The van der Waals surface area contributed by atoms with Crippen molar-refractivity contribution in [2.75, 3.05) is 12.4 Å². The van der Waals surface area contributed by atoms with Crippen LogP contribution in [-0.2, 0) is 11.3 Å². The number of amides is 2. The van der Waals surface area contributed by atoms with Crippen LogP contribution in [0.3, 0.4) is 0 Å². The monoisotopic (exact) mass is 323 g/mol. The van der Waals surface area contributed by atoms with Gasteiger partial charge in [0.15, 0.2) is 0 Å². The second-order valence-corrected chi connectivity index (χ2v) is 6.41. The molecule has 0 aliphatic heterocycles. The van der Waals surface area contributed by atoms with Crippen LogP contribution in [0.4, 0.5) is 5.69 Å². The lowest BCUT2D eigenvalue weighted by Crippen LogP contribution is -2.26. The SMILES string of the molecule is C[C@H]1C[C@@H]1C(=O)Nc1cccc(C(=O)N(C)Cc2ccncc2)c1. The summed E-state index contributed by atoms with van der Waals surface area (Å²) in [5.41, 5.74) is 2.25. The summed E-state index contributed by atoms with van der Waals surface area (Å²) in [7, 11) is 1.76. The Labute approximate surface area is 141 Å². The van der Waals surface area contributed by atoms with E-state index in [2.05, 4.69) is 17.2 Å². The van der Waals surface area contributed by atoms with Gasteiger partial charge in [-0.2, -0.15) is 0 Å². The average Bonchev–Trinajstić information content (AvgIpc) is 3.32. The van der Waals surface area contributed by atoms with Crippen molar-refractivity contribution in [1.29, 1.82) is 0 Å². The Morgan fingerprint density at radius 3 is 2.62 bits per heavy atom. The maximum Gasteiger partial charge on any atom is 0.253 e. The van der Waals surface area contributed by atoms with Gasteiger partial charge in [-0.05, 0) is 48.2 Å². The molecule has 0 unspecified atom stereocenters.